The summed E-state index contributed by atoms with van der Waals surface area (Å²) >= 11 is 3.20. The average Bonchev–Trinajstić information content (AvgIpc) is 2.32. The molecule has 0 radical (unpaired) electrons. The third kappa shape index (κ3) is 3.27. The van der Waals surface area contributed by atoms with Gasteiger partial charge < -0.3 is 11.1 Å². The summed E-state index contributed by atoms with van der Waals surface area (Å²) in [7, 11) is -3.89. The first-order valence-electron chi connectivity index (χ1n) is 5.42. The van der Waals surface area contributed by atoms with Gasteiger partial charge in [0.15, 0.2) is 0 Å². The molecule has 0 aliphatic carbocycles. The van der Waals surface area contributed by atoms with E-state index in [1.807, 2.05) is 0 Å². The summed E-state index contributed by atoms with van der Waals surface area (Å²) < 4.78 is 36.9. The second kappa shape index (κ2) is 5.39. The number of sulfonamides is 1. The van der Waals surface area contributed by atoms with Gasteiger partial charge in [-0.05, 0) is 46.3 Å². The van der Waals surface area contributed by atoms with Crippen LogP contribution in [0, 0.1) is 5.82 Å². The molecular formula is C12H11BrFN3O2S. The Hall–Kier alpha value is -1.64. The van der Waals surface area contributed by atoms with E-state index in [-0.39, 0.29) is 16.3 Å². The van der Waals surface area contributed by atoms with Gasteiger partial charge in [0, 0.05) is 15.8 Å². The zero-order valence-electron chi connectivity index (χ0n) is 10.1. The fourth-order valence-corrected chi connectivity index (χ4v) is 2.65. The molecule has 0 spiro atoms. The molecule has 0 amide bonds. The molecule has 0 saturated heterocycles. The summed E-state index contributed by atoms with van der Waals surface area (Å²) in [5.41, 5.74) is 6.32. The second-order valence-corrected chi connectivity index (χ2v) is 6.47. The topological polar surface area (TPSA) is 98.2 Å². The van der Waals surface area contributed by atoms with E-state index in [1.54, 1.807) is 12.1 Å². The minimum atomic E-state index is -3.89. The minimum absolute atomic E-state index is 0.146. The van der Waals surface area contributed by atoms with Crippen molar-refractivity contribution in [3.8, 4) is 0 Å². The standard InChI is InChI=1S/C12H11BrFN3O2S/c13-10-2-1-3-11(14)12(10)17-8-4-7(15)5-9(6-8)20(16,18)19/h1-6,17H,15H2,(H2,16,18,19). The number of nitrogens with two attached hydrogens (primary N) is 2. The van der Waals surface area contributed by atoms with Crippen LogP contribution in [0.25, 0.3) is 0 Å². The summed E-state index contributed by atoms with van der Waals surface area (Å²) in [6, 6.07) is 8.47. The van der Waals surface area contributed by atoms with E-state index < -0.39 is 15.8 Å². The Morgan fingerprint density at radius 3 is 2.50 bits per heavy atom. The van der Waals surface area contributed by atoms with Crippen LogP contribution in [0.15, 0.2) is 45.8 Å². The molecule has 0 saturated carbocycles. The molecule has 0 unspecified atom stereocenters. The number of rotatable bonds is 3. The van der Waals surface area contributed by atoms with Crippen LogP contribution >= 0.6 is 15.9 Å². The number of nitrogen functional groups attached to an aromatic ring is 1. The van der Waals surface area contributed by atoms with Gasteiger partial charge in [0.05, 0.1) is 10.6 Å². The summed E-state index contributed by atoms with van der Waals surface area (Å²) in [5.74, 6) is -0.487. The molecule has 0 heterocycles. The molecule has 0 fully saturated rings. The largest absolute Gasteiger partial charge is 0.399 e. The first-order chi connectivity index (χ1) is 9.27. The van der Waals surface area contributed by atoms with Gasteiger partial charge in [-0.1, -0.05) is 6.07 Å². The molecule has 2 aromatic rings. The SMILES string of the molecule is Nc1cc(Nc2c(F)cccc2Br)cc(S(N)(=O)=O)c1. The Balaban J connectivity index is 2.47. The van der Waals surface area contributed by atoms with Gasteiger partial charge in [-0.15, -0.1) is 0 Å². The zero-order valence-corrected chi connectivity index (χ0v) is 12.5. The van der Waals surface area contributed by atoms with Crippen LogP contribution in [-0.2, 0) is 10.0 Å². The maximum Gasteiger partial charge on any atom is 0.238 e. The molecule has 0 atom stereocenters. The molecule has 2 aromatic carbocycles. The van der Waals surface area contributed by atoms with Crippen molar-refractivity contribution in [2.75, 3.05) is 11.1 Å². The Morgan fingerprint density at radius 2 is 1.90 bits per heavy atom. The Bertz CT molecular complexity index is 745. The molecule has 106 valence electrons. The normalized spacial score (nSPS) is 11.3. The highest BCUT2D eigenvalue weighted by molar-refractivity contribution is 9.10. The molecule has 5 N–H and O–H groups in total. The number of anilines is 3. The minimum Gasteiger partial charge on any atom is -0.399 e. The third-order valence-electron chi connectivity index (χ3n) is 2.49. The lowest BCUT2D eigenvalue weighted by molar-refractivity contribution is 0.598. The molecule has 20 heavy (non-hydrogen) atoms. The Kier molecular flexibility index (Phi) is 3.98. The summed E-state index contributed by atoms with van der Waals surface area (Å²) in [5, 5.41) is 7.83. The van der Waals surface area contributed by atoms with Gasteiger partial charge in [0.2, 0.25) is 10.0 Å². The van der Waals surface area contributed by atoms with Crippen molar-refractivity contribution in [3.63, 3.8) is 0 Å². The first kappa shape index (κ1) is 14.8. The highest BCUT2D eigenvalue weighted by Crippen LogP contribution is 2.30. The molecule has 0 bridgehead atoms. The van der Waals surface area contributed by atoms with Crippen LogP contribution < -0.4 is 16.2 Å². The van der Waals surface area contributed by atoms with Gasteiger partial charge >= 0.3 is 0 Å². The maximum atomic E-state index is 13.7. The van der Waals surface area contributed by atoms with E-state index >= 15 is 0 Å². The van der Waals surface area contributed by atoms with Crippen molar-refractivity contribution < 1.29 is 12.8 Å². The van der Waals surface area contributed by atoms with Crippen molar-refractivity contribution in [2.45, 2.75) is 4.90 Å². The number of primary sulfonamides is 1. The predicted molar refractivity (Wildman–Crippen MR) is 79.6 cm³/mol. The lowest BCUT2D eigenvalue weighted by Crippen LogP contribution is -2.13. The highest BCUT2D eigenvalue weighted by atomic mass is 79.9. The Morgan fingerprint density at radius 1 is 1.20 bits per heavy atom. The van der Waals surface area contributed by atoms with E-state index in [9.17, 15) is 12.8 Å². The number of para-hydroxylation sites is 1. The molecule has 2 rings (SSSR count). The van der Waals surface area contributed by atoms with Crippen LogP contribution in [0.1, 0.15) is 0 Å². The fourth-order valence-electron chi connectivity index (χ4n) is 1.62. The maximum absolute atomic E-state index is 13.7. The lowest BCUT2D eigenvalue weighted by Gasteiger charge is -2.11. The predicted octanol–water partition coefficient (Wildman–Crippen LogP) is 2.56. The van der Waals surface area contributed by atoms with E-state index in [1.165, 1.54) is 24.3 Å². The van der Waals surface area contributed by atoms with Crippen LogP contribution in [-0.4, -0.2) is 8.42 Å². The van der Waals surface area contributed by atoms with Crippen molar-refractivity contribution >= 4 is 43.0 Å². The fraction of sp³-hybridized carbons (Fsp3) is 0. The second-order valence-electron chi connectivity index (χ2n) is 4.06. The quantitative estimate of drug-likeness (QED) is 0.733. The third-order valence-corrected chi connectivity index (χ3v) is 4.04. The molecule has 8 heteroatoms. The summed E-state index contributed by atoms with van der Waals surface area (Å²) in [6.07, 6.45) is 0. The number of hydrogen-bond acceptors (Lipinski definition) is 4. The van der Waals surface area contributed by atoms with E-state index in [4.69, 9.17) is 10.9 Å². The Labute approximate surface area is 124 Å². The summed E-state index contributed by atoms with van der Waals surface area (Å²) in [4.78, 5) is -0.146. The zero-order chi connectivity index (χ0) is 14.9. The van der Waals surface area contributed by atoms with E-state index in [0.717, 1.165) is 0 Å². The number of hydrogen-bond donors (Lipinski definition) is 3. The smallest absolute Gasteiger partial charge is 0.238 e. The van der Waals surface area contributed by atoms with Gasteiger partial charge in [-0.3, -0.25) is 0 Å². The first-order valence-corrected chi connectivity index (χ1v) is 7.76. The van der Waals surface area contributed by atoms with Crippen molar-refractivity contribution in [1.29, 1.82) is 0 Å². The van der Waals surface area contributed by atoms with Crippen LogP contribution in [0.4, 0.5) is 21.5 Å². The van der Waals surface area contributed by atoms with E-state index in [0.29, 0.717) is 10.2 Å². The molecular weight excluding hydrogens is 349 g/mol. The summed E-state index contributed by atoms with van der Waals surface area (Å²) in [6.45, 7) is 0. The number of nitrogens with one attached hydrogen (secondary N) is 1. The number of benzene rings is 2. The van der Waals surface area contributed by atoms with Gasteiger partial charge in [-0.2, -0.15) is 0 Å². The lowest BCUT2D eigenvalue weighted by atomic mass is 10.2. The molecule has 5 nitrogen and oxygen atoms in total. The van der Waals surface area contributed by atoms with Gasteiger partial charge in [0.1, 0.15) is 5.82 Å². The van der Waals surface area contributed by atoms with Gasteiger partial charge in [-0.25, -0.2) is 17.9 Å². The van der Waals surface area contributed by atoms with Crippen molar-refractivity contribution in [2.24, 2.45) is 5.14 Å². The molecule has 0 aliphatic heterocycles. The average molecular weight is 360 g/mol. The monoisotopic (exact) mass is 359 g/mol. The van der Waals surface area contributed by atoms with E-state index in [2.05, 4.69) is 21.2 Å². The van der Waals surface area contributed by atoms with Crippen LogP contribution in [0.5, 0.6) is 0 Å². The molecule has 0 aliphatic rings. The van der Waals surface area contributed by atoms with Crippen molar-refractivity contribution in [3.05, 3.63) is 46.7 Å². The molecule has 0 aromatic heterocycles. The van der Waals surface area contributed by atoms with Crippen molar-refractivity contribution in [1.82, 2.24) is 0 Å². The van der Waals surface area contributed by atoms with Gasteiger partial charge in [0.25, 0.3) is 0 Å². The van der Waals surface area contributed by atoms with Crippen LogP contribution in [0.2, 0.25) is 0 Å². The number of halogens is 2. The van der Waals surface area contributed by atoms with Crippen LogP contribution in [0.3, 0.4) is 0 Å². The highest BCUT2D eigenvalue weighted by Gasteiger charge is 2.12.